The second-order valence-corrected chi connectivity index (χ2v) is 5.09. The summed E-state index contributed by atoms with van der Waals surface area (Å²) in [6.07, 6.45) is 1.94. The van der Waals surface area contributed by atoms with Gasteiger partial charge in [0.25, 0.3) is 0 Å². The number of carbonyl (C=O) groups is 2. The second-order valence-electron chi connectivity index (χ2n) is 5.09. The average Bonchev–Trinajstić information content (AvgIpc) is 2.36. The van der Waals surface area contributed by atoms with E-state index in [0.717, 1.165) is 12.8 Å². The van der Waals surface area contributed by atoms with Gasteiger partial charge in [-0.2, -0.15) is 0 Å². The zero-order chi connectivity index (χ0) is 14.7. The third-order valence-electron chi connectivity index (χ3n) is 3.40. The van der Waals surface area contributed by atoms with E-state index in [4.69, 9.17) is 9.84 Å². The molecule has 1 aromatic carbocycles. The molecular weight excluding hydrogens is 260 g/mol. The van der Waals surface area contributed by atoms with Gasteiger partial charge in [0.2, 0.25) is 0 Å². The molecule has 6 heteroatoms. The number of carbonyl (C=O) groups excluding carboxylic acids is 1. The molecule has 1 saturated carbocycles. The summed E-state index contributed by atoms with van der Waals surface area (Å²) in [7, 11) is 1.46. The number of benzene rings is 1. The van der Waals surface area contributed by atoms with Gasteiger partial charge in [-0.05, 0) is 37.0 Å². The van der Waals surface area contributed by atoms with Crippen LogP contribution in [0.1, 0.15) is 30.1 Å². The molecule has 0 radical (unpaired) electrons. The summed E-state index contributed by atoms with van der Waals surface area (Å²) in [4.78, 5) is 22.8. The third kappa shape index (κ3) is 3.20. The number of hydrogen-bond donors (Lipinski definition) is 3. The van der Waals surface area contributed by atoms with E-state index in [2.05, 4.69) is 17.6 Å². The van der Waals surface area contributed by atoms with Crippen molar-refractivity contribution in [1.82, 2.24) is 5.32 Å². The van der Waals surface area contributed by atoms with Crippen LogP contribution in [0.3, 0.4) is 0 Å². The summed E-state index contributed by atoms with van der Waals surface area (Å²) in [5.74, 6) is 0.0150. The molecule has 1 aliphatic carbocycles. The Bertz CT molecular complexity index is 524. The van der Waals surface area contributed by atoms with Crippen molar-refractivity contribution in [3.63, 3.8) is 0 Å². The molecule has 0 atom stereocenters. The Morgan fingerprint density at radius 1 is 1.35 bits per heavy atom. The van der Waals surface area contributed by atoms with Crippen molar-refractivity contribution in [2.24, 2.45) is 5.92 Å². The molecular formula is C14H18N2O4. The minimum absolute atomic E-state index is 0.0957. The Kier molecular flexibility index (Phi) is 4.12. The summed E-state index contributed by atoms with van der Waals surface area (Å²) in [6, 6.07) is 4.17. The fourth-order valence-electron chi connectivity index (χ4n) is 2.30. The van der Waals surface area contributed by atoms with Crippen LogP contribution in [0.15, 0.2) is 18.2 Å². The normalized spacial score (nSPS) is 20.7. The SMILES string of the molecule is COc1ccc(C(=O)O)cc1NC(=O)NC1CC(C)C1. The first-order valence-corrected chi connectivity index (χ1v) is 6.48. The zero-order valence-corrected chi connectivity index (χ0v) is 11.5. The minimum Gasteiger partial charge on any atom is -0.495 e. The lowest BCUT2D eigenvalue weighted by Gasteiger charge is -2.33. The highest BCUT2D eigenvalue weighted by Gasteiger charge is 2.26. The van der Waals surface area contributed by atoms with E-state index in [9.17, 15) is 9.59 Å². The molecule has 0 aromatic heterocycles. The summed E-state index contributed by atoms with van der Waals surface area (Å²) < 4.78 is 5.11. The van der Waals surface area contributed by atoms with Crippen LogP contribution in [0.2, 0.25) is 0 Å². The Hall–Kier alpha value is -2.24. The van der Waals surface area contributed by atoms with E-state index in [1.807, 2.05) is 0 Å². The summed E-state index contributed by atoms with van der Waals surface area (Å²) in [5.41, 5.74) is 0.440. The lowest BCUT2D eigenvalue weighted by Crippen LogP contribution is -2.45. The Morgan fingerprint density at radius 2 is 2.05 bits per heavy atom. The van der Waals surface area contributed by atoms with Crippen LogP contribution in [0.5, 0.6) is 5.75 Å². The molecule has 2 amide bonds. The molecule has 2 rings (SSSR count). The van der Waals surface area contributed by atoms with Crippen LogP contribution in [0.4, 0.5) is 10.5 Å². The quantitative estimate of drug-likeness (QED) is 0.788. The number of carboxylic acid groups (broad SMARTS) is 1. The minimum atomic E-state index is -1.05. The molecule has 6 nitrogen and oxygen atoms in total. The van der Waals surface area contributed by atoms with E-state index in [-0.39, 0.29) is 17.6 Å². The molecule has 1 fully saturated rings. The smallest absolute Gasteiger partial charge is 0.335 e. The van der Waals surface area contributed by atoms with E-state index in [1.165, 1.54) is 25.3 Å². The molecule has 3 N–H and O–H groups in total. The van der Waals surface area contributed by atoms with E-state index in [0.29, 0.717) is 17.4 Å². The molecule has 108 valence electrons. The van der Waals surface area contributed by atoms with Gasteiger partial charge in [-0.3, -0.25) is 0 Å². The number of hydrogen-bond acceptors (Lipinski definition) is 3. The molecule has 0 bridgehead atoms. The number of rotatable bonds is 4. The van der Waals surface area contributed by atoms with Crippen molar-refractivity contribution in [2.45, 2.75) is 25.8 Å². The maximum atomic E-state index is 11.8. The fraction of sp³-hybridized carbons (Fsp3) is 0.429. The molecule has 1 aromatic rings. The number of aromatic carboxylic acids is 1. The highest BCUT2D eigenvalue weighted by atomic mass is 16.5. The van der Waals surface area contributed by atoms with Gasteiger partial charge in [0.15, 0.2) is 0 Å². The Labute approximate surface area is 117 Å². The monoisotopic (exact) mass is 278 g/mol. The largest absolute Gasteiger partial charge is 0.495 e. The van der Waals surface area contributed by atoms with Gasteiger partial charge in [0, 0.05) is 6.04 Å². The van der Waals surface area contributed by atoms with Gasteiger partial charge < -0.3 is 20.5 Å². The summed E-state index contributed by atoms with van der Waals surface area (Å²) in [6.45, 7) is 2.13. The summed E-state index contributed by atoms with van der Waals surface area (Å²) in [5, 5.41) is 14.4. The lowest BCUT2D eigenvalue weighted by molar-refractivity contribution is 0.0697. The molecule has 0 aliphatic heterocycles. The van der Waals surface area contributed by atoms with Crippen LogP contribution >= 0.6 is 0 Å². The fourth-order valence-corrected chi connectivity index (χ4v) is 2.30. The molecule has 0 unspecified atom stereocenters. The maximum absolute atomic E-state index is 11.8. The van der Waals surface area contributed by atoms with Gasteiger partial charge >= 0.3 is 12.0 Å². The number of carboxylic acids is 1. The van der Waals surface area contributed by atoms with Crippen molar-refractivity contribution < 1.29 is 19.4 Å². The van der Waals surface area contributed by atoms with Crippen LogP contribution in [0.25, 0.3) is 0 Å². The van der Waals surface area contributed by atoms with E-state index < -0.39 is 5.97 Å². The number of methoxy groups -OCH3 is 1. The molecule has 0 spiro atoms. The van der Waals surface area contributed by atoms with Crippen molar-refractivity contribution in [1.29, 1.82) is 0 Å². The Morgan fingerprint density at radius 3 is 2.60 bits per heavy atom. The van der Waals surface area contributed by atoms with Crippen molar-refractivity contribution >= 4 is 17.7 Å². The van der Waals surface area contributed by atoms with Crippen LogP contribution < -0.4 is 15.4 Å². The number of nitrogens with one attached hydrogen (secondary N) is 2. The van der Waals surface area contributed by atoms with Crippen molar-refractivity contribution in [3.8, 4) is 5.75 Å². The number of urea groups is 1. The molecule has 0 saturated heterocycles. The van der Waals surface area contributed by atoms with Crippen LogP contribution in [-0.4, -0.2) is 30.3 Å². The first-order valence-electron chi connectivity index (χ1n) is 6.48. The van der Waals surface area contributed by atoms with Crippen LogP contribution in [-0.2, 0) is 0 Å². The number of ether oxygens (including phenoxy) is 1. The second kappa shape index (κ2) is 5.81. The number of amides is 2. The zero-order valence-electron chi connectivity index (χ0n) is 11.5. The maximum Gasteiger partial charge on any atom is 0.335 e. The topological polar surface area (TPSA) is 87.7 Å². The van der Waals surface area contributed by atoms with Crippen molar-refractivity contribution in [3.05, 3.63) is 23.8 Å². The van der Waals surface area contributed by atoms with E-state index in [1.54, 1.807) is 0 Å². The number of anilines is 1. The standard InChI is InChI=1S/C14H18N2O4/c1-8-5-10(6-8)15-14(19)16-11-7-9(13(17)18)3-4-12(11)20-2/h3-4,7-8,10H,5-6H2,1-2H3,(H,17,18)(H2,15,16,19). The Balaban J connectivity index is 2.04. The van der Waals surface area contributed by atoms with Gasteiger partial charge in [-0.1, -0.05) is 6.92 Å². The van der Waals surface area contributed by atoms with Crippen molar-refractivity contribution in [2.75, 3.05) is 12.4 Å². The first kappa shape index (κ1) is 14.2. The first-order chi connectivity index (χ1) is 9.49. The third-order valence-corrected chi connectivity index (χ3v) is 3.40. The van der Waals surface area contributed by atoms with E-state index >= 15 is 0 Å². The van der Waals surface area contributed by atoms with Gasteiger partial charge in [0.05, 0.1) is 18.4 Å². The average molecular weight is 278 g/mol. The lowest BCUT2D eigenvalue weighted by atomic mass is 9.82. The predicted molar refractivity (Wildman–Crippen MR) is 74.3 cm³/mol. The van der Waals surface area contributed by atoms with Gasteiger partial charge in [0.1, 0.15) is 5.75 Å². The predicted octanol–water partition coefficient (Wildman–Crippen LogP) is 2.31. The van der Waals surface area contributed by atoms with Crippen LogP contribution in [0, 0.1) is 5.92 Å². The van der Waals surface area contributed by atoms with Gasteiger partial charge in [-0.15, -0.1) is 0 Å². The molecule has 1 aliphatic rings. The summed E-state index contributed by atoms with van der Waals surface area (Å²) >= 11 is 0. The molecule has 20 heavy (non-hydrogen) atoms. The van der Waals surface area contributed by atoms with Gasteiger partial charge in [-0.25, -0.2) is 9.59 Å². The highest BCUT2D eigenvalue weighted by Crippen LogP contribution is 2.28. The highest BCUT2D eigenvalue weighted by molar-refractivity contribution is 5.94. The molecule has 0 heterocycles.